The van der Waals surface area contributed by atoms with Crippen molar-refractivity contribution in [3.63, 3.8) is 0 Å². The fourth-order valence-electron chi connectivity index (χ4n) is 2.41. The van der Waals surface area contributed by atoms with Gasteiger partial charge >= 0.3 is 0 Å². The quantitative estimate of drug-likeness (QED) is 0.908. The second-order valence-electron chi connectivity index (χ2n) is 5.19. The molecule has 0 aromatic carbocycles. The van der Waals surface area contributed by atoms with Crippen LogP contribution >= 0.6 is 0 Å². The zero-order valence-corrected chi connectivity index (χ0v) is 12.8. The van der Waals surface area contributed by atoms with E-state index in [1.54, 1.807) is 0 Å². The third kappa shape index (κ3) is 3.04. The predicted molar refractivity (Wildman–Crippen MR) is 78.6 cm³/mol. The smallest absolute Gasteiger partial charge is 0.231 e. The standard InChI is InChI=1S/C15H22N4O/c1-6-13(11(4)16-5)15-18-14(19-20-15)12-7-9(2)17-10(3)8-12/h7-8,11,13,16H,6H2,1-5H3. The lowest BCUT2D eigenvalue weighted by Gasteiger charge is -2.17. The zero-order chi connectivity index (χ0) is 14.7. The van der Waals surface area contributed by atoms with E-state index in [-0.39, 0.29) is 5.92 Å². The molecule has 0 amide bonds. The molecule has 5 heteroatoms. The highest BCUT2D eigenvalue weighted by atomic mass is 16.5. The maximum Gasteiger partial charge on any atom is 0.231 e. The minimum atomic E-state index is 0.227. The van der Waals surface area contributed by atoms with Crippen LogP contribution in [0.4, 0.5) is 0 Å². The van der Waals surface area contributed by atoms with Gasteiger partial charge in [-0.1, -0.05) is 12.1 Å². The molecule has 0 bridgehead atoms. The number of pyridine rings is 1. The Morgan fingerprint density at radius 2 is 1.85 bits per heavy atom. The van der Waals surface area contributed by atoms with Crippen LogP contribution in [0.1, 0.15) is 43.5 Å². The van der Waals surface area contributed by atoms with Gasteiger partial charge in [-0.25, -0.2) is 0 Å². The molecule has 2 aromatic rings. The van der Waals surface area contributed by atoms with Crippen molar-refractivity contribution in [2.75, 3.05) is 7.05 Å². The van der Waals surface area contributed by atoms with Crippen LogP contribution in [-0.2, 0) is 0 Å². The average Bonchev–Trinajstić information content (AvgIpc) is 2.87. The molecule has 0 aliphatic carbocycles. The molecule has 2 unspecified atom stereocenters. The molecule has 0 saturated heterocycles. The topological polar surface area (TPSA) is 63.8 Å². The highest BCUT2D eigenvalue weighted by molar-refractivity contribution is 5.55. The monoisotopic (exact) mass is 274 g/mol. The largest absolute Gasteiger partial charge is 0.339 e. The first-order chi connectivity index (χ1) is 9.55. The molecule has 2 heterocycles. The van der Waals surface area contributed by atoms with Crippen molar-refractivity contribution in [2.24, 2.45) is 0 Å². The van der Waals surface area contributed by atoms with Crippen LogP contribution < -0.4 is 5.32 Å². The minimum Gasteiger partial charge on any atom is -0.339 e. The fourth-order valence-corrected chi connectivity index (χ4v) is 2.41. The zero-order valence-electron chi connectivity index (χ0n) is 12.8. The molecule has 2 atom stereocenters. The van der Waals surface area contributed by atoms with Gasteiger partial charge in [0.1, 0.15) is 0 Å². The molecule has 5 nitrogen and oxygen atoms in total. The summed E-state index contributed by atoms with van der Waals surface area (Å²) in [4.78, 5) is 8.92. The summed E-state index contributed by atoms with van der Waals surface area (Å²) < 4.78 is 5.45. The minimum absolute atomic E-state index is 0.227. The number of rotatable bonds is 5. The Hall–Kier alpha value is -1.75. The molecule has 0 spiro atoms. The second-order valence-corrected chi connectivity index (χ2v) is 5.19. The summed E-state index contributed by atoms with van der Waals surface area (Å²) in [7, 11) is 1.94. The molecule has 2 aromatic heterocycles. The number of nitrogens with one attached hydrogen (secondary N) is 1. The van der Waals surface area contributed by atoms with Crippen molar-refractivity contribution in [3.05, 3.63) is 29.4 Å². The van der Waals surface area contributed by atoms with Gasteiger partial charge in [-0.2, -0.15) is 4.98 Å². The Morgan fingerprint density at radius 1 is 1.20 bits per heavy atom. The summed E-state index contributed by atoms with van der Waals surface area (Å²) in [6.45, 7) is 8.19. The number of aryl methyl sites for hydroxylation is 2. The van der Waals surface area contributed by atoms with Gasteiger partial charge in [-0.05, 0) is 46.4 Å². The van der Waals surface area contributed by atoms with E-state index >= 15 is 0 Å². The molecule has 108 valence electrons. The second kappa shape index (κ2) is 6.13. The number of hydrogen-bond acceptors (Lipinski definition) is 5. The molecular weight excluding hydrogens is 252 g/mol. The van der Waals surface area contributed by atoms with Gasteiger partial charge in [0, 0.05) is 23.0 Å². The summed E-state index contributed by atoms with van der Waals surface area (Å²) >= 11 is 0. The van der Waals surface area contributed by atoms with Crippen LogP contribution in [0.5, 0.6) is 0 Å². The van der Waals surface area contributed by atoms with Crippen molar-refractivity contribution >= 4 is 0 Å². The van der Waals surface area contributed by atoms with E-state index in [1.165, 1.54) is 0 Å². The van der Waals surface area contributed by atoms with Crippen molar-refractivity contribution in [1.82, 2.24) is 20.4 Å². The van der Waals surface area contributed by atoms with Gasteiger partial charge < -0.3 is 9.84 Å². The van der Waals surface area contributed by atoms with Crippen LogP contribution in [0.2, 0.25) is 0 Å². The van der Waals surface area contributed by atoms with Gasteiger partial charge in [0.15, 0.2) is 0 Å². The SMILES string of the molecule is CCC(c1nc(-c2cc(C)nc(C)c2)no1)C(C)NC. The maximum absolute atomic E-state index is 5.45. The normalized spacial score (nSPS) is 14.2. The summed E-state index contributed by atoms with van der Waals surface area (Å²) in [5, 5.41) is 7.36. The van der Waals surface area contributed by atoms with Gasteiger partial charge in [-0.3, -0.25) is 4.98 Å². The number of aromatic nitrogens is 3. The van der Waals surface area contributed by atoms with Crippen LogP contribution in [0.25, 0.3) is 11.4 Å². The van der Waals surface area contributed by atoms with Crippen LogP contribution in [-0.4, -0.2) is 28.2 Å². The molecule has 0 aliphatic rings. The van der Waals surface area contributed by atoms with E-state index in [1.807, 2.05) is 33.0 Å². The summed E-state index contributed by atoms with van der Waals surface area (Å²) in [5.74, 6) is 1.55. The van der Waals surface area contributed by atoms with E-state index in [0.29, 0.717) is 17.8 Å². The molecule has 0 saturated carbocycles. The highest BCUT2D eigenvalue weighted by Crippen LogP contribution is 2.25. The molecule has 1 N–H and O–H groups in total. The third-order valence-electron chi connectivity index (χ3n) is 3.60. The fraction of sp³-hybridized carbons (Fsp3) is 0.533. The lowest BCUT2D eigenvalue weighted by atomic mass is 9.98. The lowest BCUT2D eigenvalue weighted by Crippen LogP contribution is -2.28. The van der Waals surface area contributed by atoms with E-state index in [4.69, 9.17) is 4.52 Å². The van der Waals surface area contributed by atoms with Crippen molar-refractivity contribution in [1.29, 1.82) is 0 Å². The first-order valence-corrected chi connectivity index (χ1v) is 7.01. The van der Waals surface area contributed by atoms with Crippen molar-refractivity contribution in [3.8, 4) is 11.4 Å². The highest BCUT2D eigenvalue weighted by Gasteiger charge is 2.23. The van der Waals surface area contributed by atoms with Crippen LogP contribution in [0, 0.1) is 13.8 Å². The number of nitrogens with zero attached hydrogens (tertiary/aromatic N) is 3. The molecule has 2 rings (SSSR count). The van der Waals surface area contributed by atoms with Gasteiger partial charge in [0.05, 0.1) is 5.92 Å². The molecule has 0 fully saturated rings. The van der Waals surface area contributed by atoms with E-state index in [2.05, 4.69) is 34.3 Å². The Kier molecular flexibility index (Phi) is 4.49. The number of hydrogen-bond donors (Lipinski definition) is 1. The first-order valence-electron chi connectivity index (χ1n) is 7.01. The van der Waals surface area contributed by atoms with Gasteiger partial charge in [0.2, 0.25) is 11.7 Å². The average molecular weight is 274 g/mol. The molecular formula is C15H22N4O. The number of likely N-dealkylation sites (N-methyl/N-ethyl adjacent to an activating group) is 1. The van der Waals surface area contributed by atoms with Crippen molar-refractivity contribution in [2.45, 2.75) is 46.1 Å². The predicted octanol–water partition coefficient (Wildman–Crippen LogP) is 2.85. The van der Waals surface area contributed by atoms with Crippen molar-refractivity contribution < 1.29 is 4.52 Å². The van der Waals surface area contributed by atoms with Crippen LogP contribution in [0.3, 0.4) is 0 Å². The molecule has 20 heavy (non-hydrogen) atoms. The summed E-state index contributed by atoms with van der Waals surface area (Å²) in [6, 6.07) is 4.25. The van der Waals surface area contributed by atoms with E-state index in [0.717, 1.165) is 23.4 Å². The maximum atomic E-state index is 5.45. The Balaban J connectivity index is 2.32. The molecule has 0 aliphatic heterocycles. The molecule has 0 radical (unpaired) electrons. The third-order valence-corrected chi connectivity index (χ3v) is 3.60. The van der Waals surface area contributed by atoms with E-state index < -0.39 is 0 Å². The summed E-state index contributed by atoms with van der Waals surface area (Å²) in [6.07, 6.45) is 0.956. The first kappa shape index (κ1) is 14.7. The Bertz CT molecular complexity index is 559. The Labute approximate surface area is 119 Å². The van der Waals surface area contributed by atoms with E-state index in [9.17, 15) is 0 Å². The Morgan fingerprint density at radius 3 is 2.40 bits per heavy atom. The van der Waals surface area contributed by atoms with Gasteiger partial charge in [-0.15, -0.1) is 0 Å². The van der Waals surface area contributed by atoms with Gasteiger partial charge in [0.25, 0.3) is 0 Å². The summed E-state index contributed by atoms with van der Waals surface area (Å²) in [5.41, 5.74) is 2.88. The lowest BCUT2D eigenvalue weighted by molar-refractivity contribution is 0.322. The van der Waals surface area contributed by atoms with Crippen LogP contribution in [0.15, 0.2) is 16.7 Å².